The number of amides is 1. The normalized spacial score (nSPS) is 10.9. The molecular weight excluding hydrogens is 367 g/mol. The summed E-state index contributed by atoms with van der Waals surface area (Å²) < 4.78 is 23.6. The molecule has 0 unspecified atom stereocenters. The van der Waals surface area contributed by atoms with Gasteiger partial charge in [-0.3, -0.25) is 4.79 Å². The van der Waals surface area contributed by atoms with Crippen LogP contribution in [-0.2, 0) is 29.0 Å². The Morgan fingerprint density at radius 2 is 2.11 bits per heavy atom. The second-order valence-corrected chi connectivity index (χ2v) is 6.99. The van der Waals surface area contributed by atoms with Crippen molar-refractivity contribution in [2.45, 2.75) is 25.9 Å². The molecule has 0 saturated heterocycles. The number of benzene rings is 1. The van der Waals surface area contributed by atoms with E-state index >= 15 is 0 Å². The molecule has 0 aliphatic heterocycles. The molecule has 7 heteroatoms. The molecule has 5 nitrogen and oxygen atoms in total. The van der Waals surface area contributed by atoms with Crippen LogP contribution in [0, 0.1) is 5.82 Å². The van der Waals surface area contributed by atoms with Gasteiger partial charge < -0.3 is 14.5 Å². The maximum Gasteiger partial charge on any atom is 0.226 e. The van der Waals surface area contributed by atoms with E-state index < -0.39 is 0 Å². The van der Waals surface area contributed by atoms with Gasteiger partial charge in [-0.05, 0) is 36.2 Å². The van der Waals surface area contributed by atoms with Crippen molar-refractivity contribution in [3.63, 3.8) is 0 Å². The smallest absolute Gasteiger partial charge is 0.226 e. The monoisotopic (exact) mass is 388 g/mol. The number of furan rings is 1. The fourth-order valence-corrected chi connectivity index (χ4v) is 3.31. The third-order valence-electron chi connectivity index (χ3n) is 3.82. The molecule has 1 aromatic carbocycles. The van der Waals surface area contributed by atoms with E-state index in [1.807, 2.05) is 17.5 Å². The molecule has 0 spiro atoms. The van der Waals surface area contributed by atoms with Crippen molar-refractivity contribution in [3.8, 4) is 0 Å². The lowest BCUT2D eigenvalue weighted by molar-refractivity contribution is -0.120. The van der Waals surface area contributed by atoms with Crippen molar-refractivity contribution in [3.05, 3.63) is 75.9 Å². The van der Waals surface area contributed by atoms with Crippen LogP contribution < -0.4 is 5.32 Å². The number of aromatic nitrogens is 1. The molecule has 3 rings (SSSR count). The Labute approximate surface area is 161 Å². The standard InChI is InChI=1S/C20H21FN2O3S/c21-16-6-4-15(5-7-16)11-20-23-17(14-27-20)12-19(24)22-8-2-9-25-13-18-3-1-10-26-18/h1,3-7,10,14H,2,8-9,11-13H2,(H,22,24). The van der Waals surface area contributed by atoms with E-state index in [1.54, 1.807) is 18.4 Å². The van der Waals surface area contributed by atoms with Gasteiger partial charge in [0.05, 0.1) is 23.4 Å². The van der Waals surface area contributed by atoms with Crippen molar-refractivity contribution < 1.29 is 18.3 Å². The van der Waals surface area contributed by atoms with Gasteiger partial charge in [0.2, 0.25) is 5.91 Å². The number of hydrogen-bond acceptors (Lipinski definition) is 5. The first-order valence-corrected chi connectivity index (χ1v) is 9.61. The molecule has 0 aliphatic carbocycles. The van der Waals surface area contributed by atoms with Gasteiger partial charge in [0.1, 0.15) is 18.2 Å². The molecule has 0 radical (unpaired) electrons. The number of nitrogens with zero attached hydrogens (tertiary/aromatic N) is 1. The Morgan fingerprint density at radius 1 is 1.26 bits per heavy atom. The van der Waals surface area contributed by atoms with Crippen molar-refractivity contribution in [1.82, 2.24) is 10.3 Å². The molecule has 0 aliphatic rings. The van der Waals surface area contributed by atoms with Crippen molar-refractivity contribution in [1.29, 1.82) is 0 Å². The second kappa shape index (κ2) is 9.99. The lowest BCUT2D eigenvalue weighted by atomic mass is 10.1. The predicted molar refractivity (Wildman–Crippen MR) is 101 cm³/mol. The summed E-state index contributed by atoms with van der Waals surface area (Å²) >= 11 is 1.51. The Hall–Kier alpha value is -2.51. The highest BCUT2D eigenvalue weighted by Gasteiger charge is 2.08. The van der Waals surface area contributed by atoms with Crippen LogP contribution in [-0.4, -0.2) is 24.0 Å². The SMILES string of the molecule is O=C(Cc1csc(Cc2ccc(F)cc2)n1)NCCCOCc1ccco1. The summed E-state index contributed by atoms with van der Waals surface area (Å²) in [6.45, 7) is 1.56. The van der Waals surface area contributed by atoms with Gasteiger partial charge in [-0.25, -0.2) is 9.37 Å². The number of ether oxygens (including phenoxy) is 1. The van der Waals surface area contributed by atoms with Crippen LogP contribution in [0.15, 0.2) is 52.5 Å². The average Bonchev–Trinajstić information content (AvgIpc) is 3.32. The Kier molecular flexibility index (Phi) is 7.12. The van der Waals surface area contributed by atoms with E-state index in [9.17, 15) is 9.18 Å². The fourth-order valence-electron chi connectivity index (χ4n) is 2.48. The molecule has 2 heterocycles. The number of halogens is 1. The van der Waals surface area contributed by atoms with E-state index in [1.165, 1.54) is 23.5 Å². The minimum absolute atomic E-state index is 0.0559. The minimum Gasteiger partial charge on any atom is -0.467 e. The van der Waals surface area contributed by atoms with Crippen LogP contribution in [0.4, 0.5) is 4.39 Å². The summed E-state index contributed by atoms with van der Waals surface area (Å²) in [6, 6.07) is 10.1. The molecular formula is C20H21FN2O3S. The average molecular weight is 388 g/mol. The summed E-state index contributed by atoms with van der Waals surface area (Å²) in [7, 11) is 0. The Balaban J connectivity index is 1.32. The second-order valence-electron chi connectivity index (χ2n) is 6.05. The zero-order valence-corrected chi connectivity index (χ0v) is 15.6. The van der Waals surface area contributed by atoms with Gasteiger partial charge in [-0.15, -0.1) is 11.3 Å². The maximum absolute atomic E-state index is 12.9. The number of thiazole rings is 1. The van der Waals surface area contributed by atoms with Crippen molar-refractivity contribution >= 4 is 17.2 Å². The maximum atomic E-state index is 12.9. The Bertz CT molecular complexity index is 831. The largest absolute Gasteiger partial charge is 0.467 e. The molecule has 1 N–H and O–H groups in total. The first kappa shape index (κ1) is 19.3. The van der Waals surface area contributed by atoms with Crippen LogP contribution in [0.5, 0.6) is 0 Å². The highest BCUT2D eigenvalue weighted by molar-refractivity contribution is 7.09. The Morgan fingerprint density at radius 3 is 2.89 bits per heavy atom. The summed E-state index contributed by atoms with van der Waals surface area (Å²) in [5.41, 5.74) is 1.75. The molecule has 1 amide bonds. The third kappa shape index (κ3) is 6.62. The van der Waals surface area contributed by atoms with E-state index in [0.29, 0.717) is 26.2 Å². The van der Waals surface area contributed by atoms with Crippen LogP contribution in [0.3, 0.4) is 0 Å². The molecule has 0 bridgehead atoms. The summed E-state index contributed by atoms with van der Waals surface area (Å²) in [5.74, 6) is 0.486. The fraction of sp³-hybridized carbons (Fsp3) is 0.300. The highest BCUT2D eigenvalue weighted by Crippen LogP contribution is 2.15. The van der Waals surface area contributed by atoms with Gasteiger partial charge in [-0.1, -0.05) is 12.1 Å². The van der Waals surface area contributed by atoms with E-state index in [-0.39, 0.29) is 18.1 Å². The molecule has 2 aromatic heterocycles. The van der Waals surface area contributed by atoms with Crippen molar-refractivity contribution in [2.75, 3.05) is 13.2 Å². The lowest BCUT2D eigenvalue weighted by Crippen LogP contribution is -2.26. The predicted octanol–water partition coefficient (Wildman–Crippen LogP) is 3.73. The number of rotatable bonds is 10. The topological polar surface area (TPSA) is 64.4 Å². The highest BCUT2D eigenvalue weighted by atomic mass is 32.1. The minimum atomic E-state index is -0.249. The number of carbonyl (C=O) groups excluding carboxylic acids is 1. The van der Waals surface area contributed by atoms with Gasteiger partial charge in [0.25, 0.3) is 0 Å². The van der Waals surface area contributed by atoms with Crippen LogP contribution in [0.1, 0.15) is 28.4 Å². The number of carbonyl (C=O) groups is 1. The lowest BCUT2D eigenvalue weighted by Gasteiger charge is -2.05. The zero-order valence-electron chi connectivity index (χ0n) is 14.8. The molecule has 3 aromatic rings. The van der Waals surface area contributed by atoms with Gasteiger partial charge >= 0.3 is 0 Å². The summed E-state index contributed by atoms with van der Waals surface area (Å²) in [6.07, 6.45) is 3.24. The number of hydrogen-bond donors (Lipinski definition) is 1. The molecule has 0 fully saturated rings. The van der Waals surface area contributed by atoms with Crippen molar-refractivity contribution in [2.24, 2.45) is 0 Å². The van der Waals surface area contributed by atoms with E-state index in [4.69, 9.17) is 9.15 Å². The molecule has 0 saturated carbocycles. The van der Waals surface area contributed by atoms with Crippen LogP contribution >= 0.6 is 11.3 Å². The van der Waals surface area contributed by atoms with Crippen LogP contribution in [0.2, 0.25) is 0 Å². The third-order valence-corrected chi connectivity index (χ3v) is 4.72. The molecule has 27 heavy (non-hydrogen) atoms. The van der Waals surface area contributed by atoms with Crippen LogP contribution in [0.25, 0.3) is 0 Å². The molecule has 142 valence electrons. The van der Waals surface area contributed by atoms with Gasteiger partial charge in [-0.2, -0.15) is 0 Å². The summed E-state index contributed by atoms with van der Waals surface area (Å²) in [4.78, 5) is 16.5. The van der Waals surface area contributed by atoms with Gasteiger partial charge in [0.15, 0.2) is 0 Å². The first-order valence-electron chi connectivity index (χ1n) is 8.73. The van der Waals surface area contributed by atoms with E-state index in [2.05, 4.69) is 10.3 Å². The zero-order chi connectivity index (χ0) is 18.9. The molecule has 0 atom stereocenters. The van der Waals surface area contributed by atoms with Gasteiger partial charge in [0, 0.05) is 25.0 Å². The number of nitrogens with one attached hydrogen (secondary N) is 1. The first-order chi connectivity index (χ1) is 13.2. The van der Waals surface area contributed by atoms with E-state index in [0.717, 1.165) is 28.4 Å². The quantitative estimate of drug-likeness (QED) is 0.538. The summed E-state index contributed by atoms with van der Waals surface area (Å²) in [5, 5.41) is 5.68.